The van der Waals surface area contributed by atoms with Crippen molar-refractivity contribution in [3.05, 3.63) is 0 Å². The van der Waals surface area contributed by atoms with Gasteiger partial charge in [0.2, 0.25) is 5.91 Å². The van der Waals surface area contributed by atoms with Crippen molar-refractivity contribution in [1.82, 2.24) is 4.90 Å². The summed E-state index contributed by atoms with van der Waals surface area (Å²) in [6, 6.07) is -0.717. The number of carboxylic acids is 1. The minimum atomic E-state index is -0.957. The van der Waals surface area contributed by atoms with Crippen molar-refractivity contribution < 1.29 is 14.7 Å². The van der Waals surface area contributed by atoms with Crippen LogP contribution < -0.4 is 5.73 Å². The van der Waals surface area contributed by atoms with Gasteiger partial charge in [0.1, 0.15) is 6.04 Å². The number of hydrogen-bond donors (Lipinski definition) is 2. The topological polar surface area (TPSA) is 83.6 Å². The number of piperidine rings is 1. The summed E-state index contributed by atoms with van der Waals surface area (Å²) in [6.07, 6.45) is 3.75. The summed E-state index contributed by atoms with van der Waals surface area (Å²) < 4.78 is 0. The molecule has 3 N–H and O–H groups in total. The summed E-state index contributed by atoms with van der Waals surface area (Å²) in [7, 11) is 0. The van der Waals surface area contributed by atoms with Gasteiger partial charge in [0.25, 0.3) is 0 Å². The molecule has 0 aromatic rings. The number of nitrogens with zero attached hydrogens (tertiary/aromatic N) is 1. The second kappa shape index (κ2) is 6.37. The predicted octanol–water partition coefficient (Wildman–Crippen LogP) is 1.61. The molecule has 1 rings (SSSR count). The minimum Gasteiger partial charge on any atom is -0.480 e. The first-order valence-corrected chi connectivity index (χ1v) is 7.16. The Bertz CT molecular complexity index is 342. The molecule has 0 aromatic heterocycles. The van der Waals surface area contributed by atoms with Crippen molar-refractivity contribution in [2.75, 3.05) is 6.54 Å². The highest BCUT2D eigenvalue weighted by atomic mass is 16.4. The van der Waals surface area contributed by atoms with E-state index in [9.17, 15) is 14.7 Å². The van der Waals surface area contributed by atoms with E-state index >= 15 is 0 Å². The third-order valence-electron chi connectivity index (χ3n) is 4.09. The Balaban J connectivity index is 2.85. The molecule has 0 spiro atoms. The lowest BCUT2D eigenvalue weighted by Crippen LogP contribution is -2.59. The van der Waals surface area contributed by atoms with Crippen LogP contribution in [0, 0.1) is 5.92 Å². The molecule has 1 fully saturated rings. The van der Waals surface area contributed by atoms with Gasteiger partial charge in [-0.25, -0.2) is 4.79 Å². The van der Waals surface area contributed by atoms with Gasteiger partial charge >= 0.3 is 5.97 Å². The molecule has 3 atom stereocenters. The highest BCUT2D eigenvalue weighted by molar-refractivity contribution is 5.89. The molecule has 1 saturated heterocycles. The number of likely N-dealkylation sites (tertiary alicyclic amines) is 1. The highest BCUT2D eigenvalue weighted by Gasteiger charge is 2.41. The fourth-order valence-corrected chi connectivity index (χ4v) is 2.84. The number of amides is 1. The number of rotatable bonds is 5. The molecule has 0 saturated carbocycles. The first kappa shape index (κ1) is 16.0. The lowest BCUT2D eigenvalue weighted by atomic mass is 9.86. The van der Waals surface area contributed by atoms with Crippen molar-refractivity contribution in [3.63, 3.8) is 0 Å². The van der Waals surface area contributed by atoms with Gasteiger partial charge in [0.15, 0.2) is 0 Å². The van der Waals surface area contributed by atoms with E-state index in [-0.39, 0.29) is 5.91 Å². The molecule has 3 unspecified atom stereocenters. The molecule has 1 amide bonds. The molecule has 0 radical (unpaired) electrons. The maximum Gasteiger partial charge on any atom is 0.326 e. The van der Waals surface area contributed by atoms with E-state index in [1.807, 2.05) is 6.92 Å². The molecule has 0 aromatic carbocycles. The normalized spacial score (nSPS) is 26.8. The summed E-state index contributed by atoms with van der Waals surface area (Å²) in [5.74, 6) is -0.754. The Hall–Kier alpha value is -1.10. The Morgan fingerprint density at radius 1 is 1.42 bits per heavy atom. The molecular weight excluding hydrogens is 244 g/mol. The fraction of sp³-hybridized carbons (Fsp3) is 0.857. The summed E-state index contributed by atoms with van der Waals surface area (Å²) >= 11 is 0. The lowest BCUT2D eigenvalue weighted by molar-refractivity contribution is -0.155. The SMILES string of the molecule is CCCC(C)(N)C(=O)N1CCC(CC)CC1C(=O)O. The molecule has 5 heteroatoms. The second-order valence-corrected chi connectivity index (χ2v) is 5.82. The van der Waals surface area contributed by atoms with Crippen LogP contribution in [0.1, 0.15) is 52.9 Å². The van der Waals surface area contributed by atoms with E-state index < -0.39 is 17.6 Å². The van der Waals surface area contributed by atoms with Gasteiger partial charge in [-0.05, 0) is 32.1 Å². The van der Waals surface area contributed by atoms with E-state index in [0.29, 0.717) is 25.3 Å². The van der Waals surface area contributed by atoms with E-state index in [4.69, 9.17) is 5.73 Å². The van der Waals surface area contributed by atoms with Gasteiger partial charge in [-0.3, -0.25) is 4.79 Å². The number of carbonyl (C=O) groups is 2. The minimum absolute atomic E-state index is 0.226. The van der Waals surface area contributed by atoms with E-state index in [1.165, 1.54) is 4.90 Å². The van der Waals surface area contributed by atoms with E-state index in [1.54, 1.807) is 6.92 Å². The van der Waals surface area contributed by atoms with Gasteiger partial charge in [-0.15, -0.1) is 0 Å². The third kappa shape index (κ3) is 3.69. The van der Waals surface area contributed by atoms with Gasteiger partial charge < -0.3 is 15.7 Å². The molecule has 19 heavy (non-hydrogen) atoms. The van der Waals surface area contributed by atoms with Gasteiger partial charge in [0, 0.05) is 6.54 Å². The molecule has 5 nitrogen and oxygen atoms in total. The predicted molar refractivity (Wildman–Crippen MR) is 73.7 cm³/mol. The van der Waals surface area contributed by atoms with Crippen LogP contribution in [-0.4, -0.2) is 40.0 Å². The monoisotopic (exact) mass is 270 g/mol. The third-order valence-corrected chi connectivity index (χ3v) is 4.09. The van der Waals surface area contributed by atoms with Crippen LogP contribution in [0.5, 0.6) is 0 Å². The van der Waals surface area contributed by atoms with Crippen molar-refractivity contribution in [2.24, 2.45) is 11.7 Å². The molecule has 1 aliphatic heterocycles. The van der Waals surface area contributed by atoms with Crippen molar-refractivity contribution in [1.29, 1.82) is 0 Å². The Morgan fingerprint density at radius 3 is 2.53 bits per heavy atom. The van der Waals surface area contributed by atoms with Crippen LogP contribution in [0.25, 0.3) is 0 Å². The van der Waals surface area contributed by atoms with E-state index in [0.717, 1.165) is 19.3 Å². The zero-order valence-corrected chi connectivity index (χ0v) is 12.2. The van der Waals surface area contributed by atoms with Crippen LogP contribution in [0.15, 0.2) is 0 Å². The zero-order chi connectivity index (χ0) is 14.6. The first-order valence-electron chi connectivity index (χ1n) is 7.16. The number of hydrogen-bond acceptors (Lipinski definition) is 3. The molecule has 1 heterocycles. The number of nitrogens with two attached hydrogens (primary N) is 1. The van der Waals surface area contributed by atoms with Crippen LogP contribution in [-0.2, 0) is 9.59 Å². The smallest absolute Gasteiger partial charge is 0.326 e. The van der Waals surface area contributed by atoms with E-state index in [2.05, 4.69) is 6.92 Å². The molecule has 0 aliphatic carbocycles. The first-order chi connectivity index (χ1) is 8.83. The average Bonchev–Trinajstić information content (AvgIpc) is 2.37. The van der Waals surface area contributed by atoms with Crippen molar-refractivity contribution in [3.8, 4) is 0 Å². The molecule has 110 valence electrons. The summed E-state index contributed by atoms with van der Waals surface area (Å²) in [5, 5.41) is 9.33. The molecule has 0 bridgehead atoms. The van der Waals surface area contributed by atoms with Gasteiger partial charge in [-0.1, -0.05) is 26.7 Å². The summed E-state index contributed by atoms with van der Waals surface area (Å²) in [6.45, 7) is 6.23. The largest absolute Gasteiger partial charge is 0.480 e. The quantitative estimate of drug-likeness (QED) is 0.795. The highest BCUT2D eigenvalue weighted by Crippen LogP contribution is 2.28. The average molecular weight is 270 g/mol. The Morgan fingerprint density at radius 2 is 2.05 bits per heavy atom. The van der Waals surface area contributed by atoms with Crippen LogP contribution in [0.2, 0.25) is 0 Å². The zero-order valence-electron chi connectivity index (χ0n) is 12.2. The maximum absolute atomic E-state index is 12.5. The van der Waals surface area contributed by atoms with Gasteiger partial charge in [-0.2, -0.15) is 0 Å². The summed E-state index contributed by atoms with van der Waals surface area (Å²) in [5.41, 5.74) is 5.09. The molecular formula is C14H26N2O3. The Labute approximate surface area is 115 Å². The van der Waals surface area contributed by atoms with Crippen LogP contribution in [0.4, 0.5) is 0 Å². The summed E-state index contributed by atoms with van der Waals surface area (Å²) in [4.78, 5) is 25.3. The standard InChI is InChI=1S/C14H26N2O3/c1-4-7-14(3,15)13(19)16-8-6-10(5-2)9-11(16)12(17)18/h10-11H,4-9,15H2,1-3H3,(H,17,18). The van der Waals surface area contributed by atoms with Crippen molar-refractivity contribution >= 4 is 11.9 Å². The number of carboxylic acid groups (broad SMARTS) is 1. The Kier molecular flexibility index (Phi) is 5.35. The fourth-order valence-electron chi connectivity index (χ4n) is 2.84. The number of aliphatic carboxylic acids is 1. The number of carbonyl (C=O) groups excluding carboxylic acids is 1. The maximum atomic E-state index is 12.5. The van der Waals surface area contributed by atoms with Gasteiger partial charge in [0.05, 0.1) is 5.54 Å². The van der Waals surface area contributed by atoms with Crippen molar-refractivity contribution in [2.45, 2.75) is 64.5 Å². The molecule has 1 aliphatic rings. The van der Waals surface area contributed by atoms with Crippen LogP contribution in [0.3, 0.4) is 0 Å². The second-order valence-electron chi connectivity index (χ2n) is 5.82. The lowest BCUT2D eigenvalue weighted by Gasteiger charge is -2.40. The van der Waals surface area contributed by atoms with Crippen LogP contribution >= 0.6 is 0 Å².